The number of rotatable bonds is 4. The van der Waals surface area contributed by atoms with Gasteiger partial charge in [-0.15, -0.1) is 10.2 Å². The molecule has 1 atom stereocenters. The molecule has 0 aliphatic carbocycles. The van der Waals surface area contributed by atoms with Crippen LogP contribution in [0, 0.1) is 5.41 Å². The zero-order valence-corrected chi connectivity index (χ0v) is 16.1. The average Bonchev–Trinajstić information content (AvgIpc) is 3.18. The molecule has 0 N–H and O–H groups in total. The number of nitrogens with zero attached hydrogens (tertiary/aromatic N) is 4. The fourth-order valence-electron chi connectivity index (χ4n) is 4.02. The Morgan fingerprint density at radius 2 is 1.85 bits per heavy atom. The topological polar surface area (TPSA) is 79.5 Å². The van der Waals surface area contributed by atoms with Crippen LogP contribution < -0.4 is 0 Å². The second-order valence-corrected chi connectivity index (χ2v) is 10.3. The fraction of sp³-hybridized carbons (Fsp3) is 0.556. The van der Waals surface area contributed by atoms with Crippen molar-refractivity contribution in [3.63, 3.8) is 0 Å². The lowest BCUT2D eigenvalue weighted by molar-refractivity contribution is 0.0802. The molecule has 0 bridgehead atoms. The summed E-state index contributed by atoms with van der Waals surface area (Å²) in [5, 5.41) is 8.06. The Hall–Kier alpha value is -1.77. The van der Waals surface area contributed by atoms with E-state index in [0.717, 1.165) is 18.5 Å². The molecule has 2 fully saturated rings. The lowest BCUT2D eigenvalue weighted by Crippen LogP contribution is -2.60. The van der Waals surface area contributed by atoms with Crippen LogP contribution in [0.25, 0.3) is 11.5 Å². The van der Waals surface area contributed by atoms with E-state index >= 15 is 0 Å². The van der Waals surface area contributed by atoms with Crippen molar-refractivity contribution in [2.24, 2.45) is 5.41 Å². The SMILES string of the molecule is CC(C)S(=O)(=O)N1CC2(CC(c3nnc(-c4ccccc4)o3)N(C)C2)C1. The monoisotopic (exact) mass is 376 g/mol. The van der Waals surface area contributed by atoms with Crippen molar-refractivity contribution < 1.29 is 12.8 Å². The van der Waals surface area contributed by atoms with Crippen LogP contribution in [0.3, 0.4) is 0 Å². The molecule has 0 saturated carbocycles. The molecular formula is C18H24N4O3S. The molecule has 26 heavy (non-hydrogen) atoms. The third kappa shape index (κ3) is 2.86. The van der Waals surface area contributed by atoms with E-state index < -0.39 is 10.0 Å². The highest BCUT2D eigenvalue weighted by Crippen LogP contribution is 2.48. The smallest absolute Gasteiger partial charge is 0.247 e. The van der Waals surface area contributed by atoms with Crippen molar-refractivity contribution in [3.05, 3.63) is 36.2 Å². The van der Waals surface area contributed by atoms with E-state index in [9.17, 15) is 8.42 Å². The number of aromatic nitrogens is 2. The molecule has 1 aromatic carbocycles. The van der Waals surface area contributed by atoms with Crippen LogP contribution in [0.4, 0.5) is 0 Å². The Morgan fingerprint density at radius 1 is 1.15 bits per heavy atom. The van der Waals surface area contributed by atoms with E-state index in [-0.39, 0.29) is 16.7 Å². The lowest BCUT2D eigenvalue weighted by atomic mass is 9.79. The second kappa shape index (κ2) is 6.14. The van der Waals surface area contributed by atoms with Crippen LogP contribution in [-0.4, -0.2) is 59.8 Å². The predicted molar refractivity (Wildman–Crippen MR) is 97.8 cm³/mol. The molecule has 2 aromatic rings. The number of likely N-dealkylation sites (tertiary alicyclic amines) is 1. The van der Waals surface area contributed by atoms with E-state index in [1.165, 1.54) is 0 Å². The van der Waals surface area contributed by atoms with Gasteiger partial charge in [-0.05, 0) is 39.4 Å². The van der Waals surface area contributed by atoms with Gasteiger partial charge in [0.15, 0.2) is 0 Å². The van der Waals surface area contributed by atoms with Gasteiger partial charge in [-0.3, -0.25) is 4.90 Å². The van der Waals surface area contributed by atoms with E-state index in [2.05, 4.69) is 15.1 Å². The predicted octanol–water partition coefficient (Wildman–Crippen LogP) is 2.15. The third-order valence-corrected chi connectivity index (χ3v) is 7.64. The highest BCUT2D eigenvalue weighted by Gasteiger charge is 2.55. The molecule has 1 unspecified atom stereocenters. The number of sulfonamides is 1. The summed E-state index contributed by atoms with van der Waals surface area (Å²) < 4.78 is 32.2. The maximum atomic E-state index is 12.3. The molecule has 7 nitrogen and oxygen atoms in total. The average molecular weight is 376 g/mol. The molecule has 2 aliphatic heterocycles. The van der Waals surface area contributed by atoms with Crippen molar-refractivity contribution in [3.8, 4) is 11.5 Å². The molecule has 0 amide bonds. The van der Waals surface area contributed by atoms with Crippen molar-refractivity contribution in [1.82, 2.24) is 19.4 Å². The Morgan fingerprint density at radius 3 is 2.50 bits per heavy atom. The first-order valence-corrected chi connectivity index (χ1v) is 10.4. The van der Waals surface area contributed by atoms with Gasteiger partial charge in [0.25, 0.3) is 0 Å². The highest BCUT2D eigenvalue weighted by atomic mass is 32.2. The number of hydrogen-bond donors (Lipinski definition) is 0. The summed E-state index contributed by atoms with van der Waals surface area (Å²) in [5.41, 5.74) is 0.891. The largest absolute Gasteiger partial charge is 0.419 e. The molecule has 1 spiro atoms. The molecule has 2 saturated heterocycles. The van der Waals surface area contributed by atoms with Gasteiger partial charge in [0, 0.05) is 30.6 Å². The summed E-state index contributed by atoms with van der Waals surface area (Å²) in [4.78, 5) is 2.20. The Labute approximate surface area is 154 Å². The standard InChI is InChI=1S/C18H24N4O3S/c1-13(2)26(23,24)22-11-18(12-22)9-15(21(3)10-18)17-20-19-16(25-17)14-7-5-4-6-8-14/h4-8,13,15H,9-12H2,1-3H3. The first-order valence-electron chi connectivity index (χ1n) is 8.89. The summed E-state index contributed by atoms with van der Waals surface area (Å²) in [5.74, 6) is 1.13. The molecule has 140 valence electrons. The maximum absolute atomic E-state index is 12.3. The van der Waals surface area contributed by atoms with Gasteiger partial charge in [0.1, 0.15) is 0 Å². The first-order chi connectivity index (χ1) is 12.3. The van der Waals surface area contributed by atoms with Gasteiger partial charge in [0.2, 0.25) is 21.8 Å². The molecule has 4 rings (SSSR count). The normalized spacial score (nSPS) is 23.6. The van der Waals surface area contributed by atoms with Crippen LogP contribution >= 0.6 is 0 Å². The highest BCUT2D eigenvalue weighted by molar-refractivity contribution is 7.89. The van der Waals surface area contributed by atoms with Gasteiger partial charge in [-0.2, -0.15) is 0 Å². The van der Waals surface area contributed by atoms with Gasteiger partial charge >= 0.3 is 0 Å². The zero-order valence-electron chi connectivity index (χ0n) is 15.3. The lowest BCUT2D eigenvalue weighted by Gasteiger charge is -2.47. The maximum Gasteiger partial charge on any atom is 0.247 e. The van der Waals surface area contributed by atoms with Gasteiger partial charge in [0.05, 0.1) is 11.3 Å². The van der Waals surface area contributed by atoms with Crippen LogP contribution in [0.5, 0.6) is 0 Å². The minimum absolute atomic E-state index is 0.0112. The van der Waals surface area contributed by atoms with Gasteiger partial charge in [-0.1, -0.05) is 18.2 Å². The fourth-order valence-corrected chi connectivity index (χ4v) is 5.53. The van der Waals surface area contributed by atoms with E-state index in [1.807, 2.05) is 37.4 Å². The molecule has 2 aliphatic rings. The van der Waals surface area contributed by atoms with E-state index in [0.29, 0.717) is 24.9 Å². The molecular weight excluding hydrogens is 352 g/mol. The minimum atomic E-state index is -3.17. The summed E-state index contributed by atoms with van der Waals surface area (Å²) >= 11 is 0. The van der Waals surface area contributed by atoms with Crippen LogP contribution in [0.1, 0.15) is 32.2 Å². The van der Waals surface area contributed by atoms with E-state index in [1.54, 1.807) is 18.2 Å². The summed E-state index contributed by atoms with van der Waals surface area (Å²) in [6, 6.07) is 9.74. The molecule has 0 radical (unpaired) electrons. The minimum Gasteiger partial charge on any atom is -0.419 e. The van der Waals surface area contributed by atoms with Crippen molar-refractivity contribution >= 4 is 10.0 Å². The summed E-state index contributed by atoms with van der Waals surface area (Å²) in [7, 11) is -1.14. The van der Waals surface area contributed by atoms with Crippen LogP contribution in [0.15, 0.2) is 34.7 Å². The third-order valence-electron chi connectivity index (χ3n) is 5.47. The summed E-state index contributed by atoms with van der Waals surface area (Å²) in [6.07, 6.45) is 0.837. The van der Waals surface area contributed by atoms with Crippen LogP contribution in [-0.2, 0) is 10.0 Å². The first kappa shape index (κ1) is 17.6. The van der Waals surface area contributed by atoms with Crippen molar-refractivity contribution in [1.29, 1.82) is 0 Å². The number of benzene rings is 1. The zero-order chi connectivity index (χ0) is 18.5. The number of hydrogen-bond acceptors (Lipinski definition) is 6. The van der Waals surface area contributed by atoms with Crippen molar-refractivity contribution in [2.45, 2.75) is 31.6 Å². The Kier molecular flexibility index (Phi) is 4.17. The quantitative estimate of drug-likeness (QED) is 0.813. The molecule has 8 heteroatoms. The summed E-state index contributed by atoms with van der Waals surface area (Å²) in [6.45, 7) is 5.45. The molecule has 3 heterocycles. The second-order valence-electron chi connectivity index (χ2n) is 7.81. The Balaban J connectivity index is 1.48. The van der Waals surface area contributed by atoms with Crippen molar-refractivity contribution in [2.75, 3.05) is 26.7 Å². The van der Waals surface area contributed by atoms with Gasteiger partial charge < -0.3 is 4.42 Å². The van der Waals surface area contributed by atoms with Crippen LogP contribution in [0.2, 0.25) is 0 Å². The van der Waals surface area contributed by atoms with E-state index in [4.69, 9.17) is 4.42 Å². The Bertz CT molecular complexity index is 888. The van der Waals surface area contributed by atoms with Gasteiger partial charge in [-0.25, -0.2) is 12.7 Å². The molecule has 1 aromatic heterocycles.